The molecule has 0 aromatic rings. The average molecular weight is 213 g/mol. The molecule has 90 valence electrons. The SMILES string of the molecule is CC1CCCN(CCCN(C)C)C1CN. The van der Waals surface area contributed by atoms with Crippen LogP contribution in [0.3, 0.4) is 0 Å². The maximum absolute atomic E-state index is 5.86. The van der Waals surface area contributed by atoms with Crippen molar-refractivity contribution >= 4 is 0 Å². The van der Waals surface area contributed by atoms with E-state index in [-0.39, 0.29) is 0 Å². The maximum atomic E-state index is 5.86. The van der Waals surface area contributed by atoms with Gasteiger partial charge in [-0.1, -0.05) is 6.92 Å². The maximum Gasteiger partial charge on any atom is 0.0244 e. The molecule has 3 heteroatoms. The van der Waals surface area contributed by atoms with Crippen molar-refractivity contribution in [1.82, 2.24) is 9.80 Å². The number of piperidine rings is 1. The molecule has 1 heterocycles. The van der Waals surface area contributed by atoms with Gasteiger partial charge in [0.15, 0.2) is 0 Å². The highest BCUT2D eigenvalue weighted by Crippen LogP contribution is 2.22. The van der Waals surface area contributed by atoms with E-state index < -0.39 is 0 Å². The Hall–Kier alpha value is -0.120. The summed E-state index contributed by atoms with van der Waals surface area (Å²) in [6.07, 6.45) is 3.96. The highest BCUT2D eigenvalue weighted by Gasteiger charge is 2.26. The lowest BCUT2D eigenvalue weighted by Gasteiger charge is -2.39. The smallest absolute Gasteiger partial charge is 0.0244 e. The van der Waals surface area contributed by atoms with Crippen LogP contribution in [0.1, 0.15) is 26.2 Å². The zero-order valence-electron chi connectivity index (χ0n) is 10.6. The molecule has 1 rings (SSSR count). The summed E-state index contributed by atoms with van der Waals surface area (Å²) in [6, 6.07) is 0.626. The first-order chi connectivity index (χ1) is 7.15. The van der Waals surface area contributed by atoms with Gasteiger partial charge in [0.05, 0.1) is 0 Å². The summed E-state index contributed by atoms with van der Waals surface area (Å²) in [7, 11) is 4.28. The van der Waals surface area contributed by atoms with E-state index in [4.69, 9.17) is 5.73 Å². The van der Waals surface area contributed by atoms with E-state index in [1.54, 1.807) is 0 Å². The average Bonchev–Trinajstić information content (AvgIpc) is 2.17. The number of rotatable bonds is 5. The van der Waals surface area contributed by atoms with Crippen molar-refractivity contribution in [2.45, 2.75) is 32.2 Å². The van der Waals surface area contributed by atoms with Gasteiger partial charge >= 0.3 is 0 Å². The van der Waals surface area contributed by atoms with E-state index in [9.17, 15) is 0 Å². The number of nitrogens with zero attached hydrogens (tertiary/aromatic N) is 2. The molecule has 0 radical (unpaired) electrons. The van der Waals surface area contributed by atoms with E-state index in [1.807, 2.05) is 0 Å². The van der Waals surface area contributed by atoms with Gasteiger partial charge in [0.2, 0.25) is 0 Å². The predicted molar refractivity (Wildman–Crippen MR) is 66.0 cm³/mol. The van der Waals surface area contributed by atoms with Crippen LogP contribution in [0.4, 0.5) is 0 Å². The Kier molecular flexibility index (Phi) is 5.58. The van der Waals surface area contributed by atoms with E-state index in [0.29, 0.717) is 6.04 Å². The Morgan fingerprint density at radius 1 is 1.40 bits per heavy atom. The molecule has 15 heavy (non-hydrogen) atoms. The second-order valence-corrected chi connectivity index (χ2v) is 5.12. The van der Waals surface area contributed by atoms with Gasteiger partial charge in [-0.25, -0.2) is 0 Å². The van der Waals surface area contributed by atoms with Crippen molar-refractivity contribution in [2.24, 2.45) is 11.7 Å². The first-order valence-electron chi connectivity index (χ1n) is 6.24. The van der Waals surface area contributed by atoms with E-state index in [0.717, 1.165) is 12.5 Å². The van der Waals surface area contributed by atoms with E-state index in [2.05, 4.69) is 30.8 Å². The lowest BCUT2D eigenvalue weighted by Crippen LogP contribution is -2.49. The third kappa shape index (κ3) is 4.09. The third-order valence-corrected chi connectivity index (χ3v) is 3.52. The lowest BCUT2D eigenvalue weighted by molar-refractivity contribution is 0.103. The minimum Gasteiger partial charge on any atom is -0.329 e. The van der Waals surface area contributed by atoms with Gasteiger partial charge in [-0.2, -0.15) is 0 Å². The molecular weight excluding hydrogens is 186 g/mol. The summed E-state index contributed by atoms with van der Waals surface area (Å²) in [5.74, 6) is 0.781. The van der Waals surface area contributed by atoms with Crippen LogP contribution in [-0.2, 0) is 0 Å². The molecule has 0 bridgehead atoms. The third-order valence-electron chi connectivity index (χ3n) is 3.52. The normalized spacial score (nSPS) is 28.6. The van der Waals surface area contributed by atoms with Crippen LogP contribution in [0.5, 0.6) is 0 Å². The largest absolute Gasteiger partial charge is 0.329 e. The van der Waals surface area contributed by atoms with Crippen LogP contribution >= 0.6 is 0 Å². The monoisotopic (exact) mass is 213 g/mol. The van der Waals surface area contributed by atoms with E-state index >= 15 is 0 Å². The zero-order chi connectivity index (χ0) is 11.3. The Morgan fingerprint density at radius 2 is 2.13 bits per heavy atom. The molecule has 0 saturated carbocycles. The highest BCUT2D eigenvalue weighted by molar-refractivity contribution is 4.82. The van der Waals surface area contributed by atoms with Gasteiger partial charge in [-0.05, 0) is 58.9 Å². The van der Waals surface area contributed by atoms with Crippen LogP contribution in [-0.4, -0.2) is 56.1 Å². The van der Waals surface area contributed by atoms with Crippen molar-refractivity contribution < 1.29 is 0 Å². The zero-order valence-corrected chi connectivity index (χ0v) is 10.6. The summed E-state index contributed by atoms with van der Waals surface area (Å²) in [5, 5.41) is 0. The van der Waals surface area contributed by atoms with Crippen LogP contribution in [0.15, 0.2) is 0 Å². The fourth-order valence-electron chi connectivity index (χ4n) is 2.58. The fourth-order valence-corrected chi connectivity index (χ4v) is 2.58. The number of likely N-dealkylation sites (tertiary alicyclic amines) is 1. The lowest BCUT2D eigenvalue weighted by atomic mass is 9.91. The number of hydrogen-bond acceptors (Lipinski definition) is 3. The topological polar surface area (TPSA) is 32.5 Å². The first kappa shape index (κ1) is 12.9. The second-order valence-electron chi connectivity index (χ2n) is 5.12. The van der Waals surface area contributed by atoms with Crippen molar-refractivity contribution in [2.75, 3.05) is 40.3 Å². The molecule has 2 unspecified atom stereocenters. The van der Waals surface area contributed by atoms with Crippen molar-refractivity contribution in [1.29, 1.82) is 0 Å². The Bertz CT molecular complexity index is 170. The number of hydrogen-bond donors (Lipinski definition) is 1. The molecule has 0 aromatic carbocycles. The molecule has 1 fully saturated rings. The molecule has 2 atom stereocenters. The van der Waals surface area contributed by atoms with Gasteiger partial charge in [-0.15, -0.1) is 0 Å². The molecule has 2 N–H and O–H groups in total. The predicted octanol–water partition coefficient (Wildman–Crippen LogP) is 0.997. The molecular formula is C12H27N3. The quantitative estimate of drug-likeness (QED) is 0.739. The second kappa shape index (κ2) is 6.46. The first-order valence-corrected chi connectivity index (χ1v) is 6.24. The van der Waals surface area contributed by atoms with Crippen molar-refractivity contribution in [3.63, 3.8) is 0 Å². The summed E-state index contributed by atoms with van der Waals surface area (Å²) >= 11 is 0. The summed E-state index contributed by atoms with van der Waals surface area (Å²) in [5.41, 5.74) is 5.86. The van der Waals surface area contributed by atoms with Crippen LogP contribution in [0, 0.1) is 5.92 Å². The molecule has 3 nitrogen and oxygen atoms in total. The minimum absolute atomic E-state index is 0.626. The highest BCUT2D eigenvalue weighted by atomic mass is 15.2. The van der Waals surface area contributed by atoms with Crippen molar-refractivity contribution in [3.05, 3.63) is 0 Å². The Balaban J connectivity index is 2.31. The Morgan fingerprint density at radius 3 is 2.73 bits per heavy atom. The van der Waals surface area contributed by atoms with Gasteiger partial charge in [0.1, 0.15) is 0 Å². The van der Waals surface area contributed by atoms with Crippen LogP contribution < -0.4 is 5.73 Å². The molecule has 1 aliphatic rings. The molecule has 0 aliphatic carbocycles. The van der Waals surface area contributed by atoms with Crippen molar-refractivity contribution in [3.8, 4) is 0 Å². The van der Waals surface area contributed by atoms with Crippen LogP contribution in [0.2, 0.25) is 0 Å². The van der Waals surface area contributed by atoms with Gasteiger partial charge in [0.25, 0.3) is 0 Å². The van der Waals surface area contributed by atoms with Gasteiger partial charge in [0, 0.05) is 12.6 Å². The molecule has 0 aromatic heterocycles. The standard InChI is InChI=1S/C12H27N3/c1-11-6-4-8-15(12(11)10-13)9-5-7-14(2)3/h11-12H,4-10,13H2,1-3H3. The van der Waals surface area contributed by atoms with Crippen LogP contribution in [0.25, 0.3) is 0 Å². The molecule has 0 amide bonds. The van der Waals surface area contributed by atoms with E-state index in [1.165, 1.54) is 38.9 Å². The molecule has 1 aliphatic heterocycles. The fraction of sp³-hybridized carbons (Fsp3) is 1.00. The summed E-state index contributed by atoms with van der Waals surface area (Å²) in [6.45, 7) is 6.81. The van der Waals surface area contributed by atoms with Gasteiger partial charge in [-0.3, -0.25) is 4.90 Å². The van der Waals surface area contributed by atoms with Gasteiger partial charge < -0.3 is 10.6 Å². The minimum atomic E-state index is 0.626. The summed E-state index contributed by atoms with van der Waals surface area (Å²) < 4.78 is 0. The molecule has 0 spiro atoms. The summed E-state index contributed by atoms with van der Waals surface area (Å²) in [4.78, 5) is 4.85. The molecule has 1 saturated heterocycles. The Labute approximate surface area is 94.6 Å². The number of nitrogens with two attached hydrogens (primary N) is 1.